The van der Waals surface area contributed by atoms with E-state index in [2.05, 4.69) is 16.7 Å². The molecule has 2 N–H and O–H groups in total. The Kier molecular flexibility index (Phi) is 7.65. The van der Waals surface area contributed by atoms with Gasteiger partial charge in [-0.05, 0) is 63.4 Å². The minimum Gasteiger partial charge on any atom is -0.496 e. The van der Waals surface area contributed by atoms with E-state index < -0.39 is 11.7 Å². The topological polar surface area (TPSA) is 76.7 Å². The van der Waals surface area contributed by atoms with E-state index >= 15 is 0 Å². The van der Waals surface area contributed by atoms with Gasteiger partial charge in [0, 0.05) is 18.7 Å². The standard InChI is InChI=1S/C23H30N2O4/c1-16-6-11-20(28-5)19(14-16)12-13-24-21(26)18-9-7-17(8-10-18)15-25-22(27)29-23(2,3)4/h6-11,14H,12-13,15H2,1-5H3,(H,24,26)(H,25,27). The molecule has 0 unspecified atom stereocenters. The van der Waals surface area contributed by atoms with Crippen LogP contribution in [-0.4, -0.2) is 31.3 Å². The van der Waals surface area contributed by atoms with Gasteiger partial charge in [0.1, 0.15) is 11.4 Å². The van der Waals surface area contributed by atoms with Gasteiger partial charge in [-0.3, -0.25) is 4.79 Å². The van der Waals surface area contributed by atoms with Crippen molar-refractivity contribution in [2.75, 3.05) is 13.7 Å². The van der Waals surface area contributed by atoms with Crippen molar-refractivity contribution in [2.45, 2.75) is 46.3 Å². The first-order valence-corrected chi connectivity index (χ1v) is 9.65. The maximum atomic E-state index is 12.4. The fourth-order valence-corrected chi connectivity index (χ4v) is 2.78. The molecule has 0 aliphatic carbocycles. The van der Waals surface area contributed by atoms with Gasteiger partial charge >= 0.3 is 6.09 Å². The maximum Gasteiger partial charge on any atom is 0.407 e. The van der Waals surface area contributed by atoms with E-state index in [4.69, 9.17) is 9.47 Å². The molecule has 29 heavy (non-hydrogen) atoms. The number of methoxy groups -OCH3 is 1. The third-order valence-electron chi connectivity index (χ3n) is 4.17. The molecule has 6 nitrogen and oxygen atoms in total. The van der Waals surface area contributed by atoms with Crippen LogP contribution in [0, 0.1) is 6.92 Å². The molecule has 0 aliphatic rings. The summed E-state index contributed by atoms with van der Waals surface area (Å²) in [6.45, 7) is 8.32. The molecule has 0 radical (unpaired) electrons. The van der Waals surface area contributed by atoms with Crippen LogP contribution in [0.1, 0.15) is 47.8 Å². The quantitative estimate of drug-likeness (QED) is 0.739. The predicted octanol–water partition coefficient (Wildman–Crippen LogP) is 4.00. The third kappa shape index (κ3) is 7.49. The van der Waals surface area contributed by atoms with Crippen LogP contribution in [0.15, 0.2) is 42.5 Å². The lowest BCUT2D eigenvalue weighted by molar-refractivity contribution is 0.0523. The number of rotatable bonds is 7. The van der Waals surface area contributed by atoms with Crippen LogP contribution in [0.4, 0.5) is 4.79 Å². The van der Waals surface area contributed by atoms with Gasteiger partial charge in [-0.2, -0.15) is 0 Å². The smallest absolute Gasteiger partial charge is 0.407 e. The highest BCUT2D eigenvalue weighted by atomic mass is 16.6. The van der Waals surface area contributed by atoms with Gasteiger partial charge in [-0.15, -0.1) is 0 Å². The predicted molar refractivity (Wildman–Crippen MR) is 113 cm³/mol. The third-order valence-corrected chi connectivity index (χ3v) is 4.17. The lowest BCUT2D eigenvalue weighted by Crippen LogP contribution is -2.32. The number of nitrogens with one attached hydrogen (secondary N) is 2. The van der Waals surface area contributed by atoms with Crippen LogP contribution in [0.25, 0.3) is 0 Å². The van der Waals surface area contributed by atoms with E-state index in [0.717, 1.165) is 22.4 Å². The molecule has 0 heterocycles. The SMILES string of the molecule is COc1ccc(C)cc1CCNC(=O)c1ccc(CNC(=O)OC(C)(C)C)cc1. The summed E-state index contributed by atoms with van der Waals surface area (Å²) < 4.78 is 10.6. The number of alkyl carbamates (subject to hydrolysis) is 1. The van der Waals surface area contributed by atoms with Crippen molar-refractivity contribution in [1.82, 2.24) is 10.6 Å². The number of hydrogen-bond acceptors (Lipinski definition) is 4. The average molecular weight is 399 g/mol. The molecule has 0 aliphatic heterocycles. The van der Waals surface area contributed by atoms with Crippen molar-refractivity contribution in [2.24, 2.45) is 0 Å². The van der Waals surface area contributed by atoms with Crippen LogP contribution >= 0.6 is 0 Å². The maximum absolute atomic E-state index is 12.4. The summed E-state index contributed by atoms with van der Waals surface area (Å²) in [5.41, 5.74) is 3.15. The van der Waals surface area contributed by atoms with E-state index in [1.807, 2.05) is 52.0 Å². The Hall–Kier alpha value is -3.02. The molecule has 2 aromatic rings. The minimum atomic E-state index is -0.533. The van der Waals surface area contributed by atoms with Gasteiger partial charge in [0.25, 0.3) is 5.91 Å². The molecule has 0 aromatic heterocycles. The first kappa shape index (κ1) is 22.3. The lowest BCUT2D eigenvalue weighted by atomic mass is 10.1. The van der Waals surface area contributed by atoms with Crippen LogP contribution in [0.2, 0.25) is 0 Å². The molecular weight excluding hydrogens is 368 g/mol. The highest BCUT2D eigenvalue weighted by Crippen LogP contribution is 2.19. The molecule has 2 rings (SSSR count). The number of ether oxygens (including phenoxy) is 2. The molecule has 2 amide bonds. The molecule has 0 bridgehead atoms. The van der Waals surface area contributed by atoms with Gasteiger partial charge in [-0.1, -0.05) is 29.8 Å². The van der Waals surface area contributed by atoms with E-state index in [0.29, 0.717) is 25.1 Å². The Morgan fingerprint density at radius 1 is 1.00 bits per heavy atom. The zero-order valence-corrected chi connectivity index (χ0v) is 17.8. The lowest BCUT2D eigenvalue weighted by Gasteiger charge is -2.19. The molecule has 2 aromatic carbocycles. The number of hydrogen-bond donors (Lipinski definition) is 2. The highest BCUT2D eigenvalue weighted by Gasteiger charge is 2.15. The largest absolute Gasteiger partial charge is 0.496 e. The second-order valence-electron chi connectivity index (χ2n) is 7.87. The number of carbonyl (C=O) groups excluding carboxylic acids is 2. The molecule has 0 saturated heterocycles. The van der Waals surface area contributed by atoms with E-state index in [1.165, 1.54) is 0 Å². The highest BCUT2D eigenvalue weighted by molar-refractivity contribution is 5.94. The summed E-state index contributed by atoms with van der Waals surface area (Å²) in [6, 6.07) is 13.1. The van der Waals surface area contributed by atoms with Crippen molar-refractivity contribution in [3.8, 4) is 5.75 Å². The van der Waals surface area contributed by atoms with Crippen molar-refractivity contribution < 1.29 is 19.1 Å². The Balaban J connectivity index is 1.83. The summed E-state index contributed by atoms with van der Waals surface area (Å²) >= 11 is 0. The van der Waals surface area contributed by atoms with Crippen molar-refractivity contribution in [1.29, 1.82) is 0 Å². The molecular formula is C23H30N2O4. The minimum absolute atomic E-state index is 0.136. The van der Waals surface area contributed by atoms with E-state index in [-0.39, 0.29) is 5.91 Å². The molecule has 0 fully saturated rings. The summed E-state index contributed by atoms with van der Waals surface area (Å²) in [5.74, 6) is 0.690. The van der Waals surface area contributed by atoms with Crippen LogP contribution < -0.4 is 15.4 Å². The zero-order chi connectivity index (χ0) is 21.4. The number of carbonyl (C=O) groups is 2. The Morgan fingerprint density at radius 3 is 2.31 bits per heavy atom. The first-order chi connectivity index (χ1) is 13.7. The monoisotopic (exact) mass is 398 g/mol. The van der Waals surface area contributed by atoms with Gasteiger partial charge in [0.05, 0.1) is 7.11 Å². The van der Waals surface area contributed by atoms with Crippen molar-refractivity contribution in [3.63, 3.8) is 0 Å². The van der Waals surface area contributed by atoms with Crippen LogP contribution in [0.3, 0.4) is 0 Å². The number of aryl methyl sites for hydroxylation is 1. The van der Waals surface area contributed by atoms with E-state index in [9.17, 15) is 9.59 Å². The van der Waals surface area contributed by atoms with Gasteiger partial charge in [-0.25, -0.2) is 4.79 Å². The Morgan fingerprint density at radius 2 is 1.69 bits per heavy atom. The molecule has 0 spiro atoms. The number of amides is 2. The number of benzene rings is 2. The van der Waals surface area contributed by atoms with Gasteiger partial charge in [0.2, 0.25) is 0 Å². The van der Waals surface area contributed by atoms with E-state index in [1.54, 1.807) is 19.2 Å². The fourth-order valence-electron chi connectivity index (χ4n) is 2.78. The van der Waals surface area contributed by atoms with Crippen LogP contribution in [0.5, 0.6) is 5.75 Å². The summed E-state index contributed by atoms with van der Waals surface area (Å²) in [5, 5.41) is 5.63. The first-order valence-electron chi connectivity index (χ1n) is 9.65. The van der Waals surface area contributed by atoms with Crippen molar-refractivity contribution >= 4 is 12.0 Å². The molecule has 0 saturated carbocycles. The second kappa shape index (κ2) is 9.96. The second-order valence-corrected chi connectivity index (χ2v) is 7.87. The summed E-state index contributed by atoms with van der Waals surface area (Å²) in [6.07, 6.45) is 0.222. The summed E-state index contributed by atoms with van der Waals surface area (Å²) in [4.78, 5) is 24.1. The molecule has 0 atom stereocenters. The van der Waals surface area contributed by atoms with Crippen LogP contribution in [-0.2, 0) is 17.7 Å². The average Bonchev–Trinajstić information content (AvgIpc) is 2.65. The molecule has 156 valence electrons. The zero-order valence-electron chi connectivity index (χ0n) is 17.8. The van der Waals surface area contributed by atoms with Gasteiger partial charge in [0.15, 0.2) is 0 Å². The normalized spacial score (nSPS) is 10.9. The Bertz CT molecular complexity index is 839. The van der Waals surface area contributed by atoms with Gasteiger partial charge < -0.3 is 20.1 Å². The summed E-state index contributed by atoms with van der Waals surface area (Å²) in [7, 11) is 1.64. The van der Waals surface area contributed by atoms with Crippen molar-refractivity contribution in [3.05, 3.63) is 64.7 Å². The molecule has 6 heteroatoms. The Labute approximate surface area is 172 Å². The fraction of sp³-hybridized carbons (Fsp3) is 0.391.